The zero-order valence-electron chi connectivity index (χ0n) is 17.7. The lowest BCUT2D eigenvalue weighted by molar-refractivity contribution is 0.0474. The first-order chi connectivity index (χ1) is 15.2. The summed E-state index contributed by atoms with van der Waals surface area (Å²) in [5.41, 5.74) is 3.61. The highest BCUT2D eigenvalue weighted by atomic mass is 32.2. The third-order valence-electron chi connectivity index (χ3n) is 5.42. The Morgan fingerprint density at radius 2 is 1.75 bits per heavy atom. The maximum absolute atomic E-state index is 12.4. The summed E-state index contributed by atoms with van der Waals surface area (Å²) in [6.45, 7) is 3.39. The van der Waals surface area contributed by atoms with Crippen LogP contribution in [-0.2, 0) is 21.8 Å². The maximum atomic E-state index is 12.4. The molecule has 0 unspecified atom stereocenters. The van der Waals surface area contributed by atoms with Gasteiger partial charge in [0.2, 0.25) is 5.78 Å². The zero-order valence-corrected chi connectivity index (χ0v) is 18.6. The Kier molecular flexibility index (Phi) is 5.43. The van der Waals surface area contributed by atoms with E-state index in [-0.39, 0.29) is 28.7 Å². The number of ether oxygens (including phenoxy) is 1. The Balaban J connectivity index is 1.41. The second kappa shape index (κ2) is 8.08. The molecule has 0 amide bonds. The van der Waals surface area contributed by atoms with Crippen molar-refractivity contribution in [2.24, 2.45) is 11.4 Å². The Labute approximate surface area is 185 Å². The number of nitrogens with zero attached hydrogens (tertiary/aromatic N) is 2. The molecule has 0 fully saturated rings. The molecule has 0 saturated carbocycles. The van der Waals surface area contributed by atoms with Crippen LogP contribution in [0.15, 0.2) is 63.9 Å². The van der Waals surface area contributed by atoms with Gasteiger partial charge >= 0.3 is 5.97 Å². The number of carbonyl (C=O) groups is 2. The van der Waals surface area contributed by atoms with Gasteiger partial charge in [0.1, 0.15) is 4.90 Å². The largest absolute Gasteiger partial charge is 0.454 e. The number of rotatable bonds is 5. The monoisotopic (exact) mass is 451 g/mol. The van der Waals surface area contributed by atoms with Gasteiger partial charge in [0.15, 0.2) is 12.4 Å². The molecule has 0 saturated heterocycles. The molecule has 2 aromatic carbocycles. The number of Topliss-reactive ketones (excluding diaryl/α,β-unsaturated/α-hetero) is 1. The van der Waals surface area contributed by atoms with Gasteiger partial charge in [-0.1, -0.05) is 12.1 Å². The van der Waals surface area contributed by atoms with Crippen LogP contribution in [0, 0.1) is 13.8 Å². The molecule has 3 aromatic rings. The fourth-order valence-electron chi connectivity index (χ4n) is 3.45. The smallest absolute Gasteiger partial charge is 0.338 e. The molecule has 2 heterocycles. The SMILES string of the molecule is Cc1cc(C(=O)COC(=O)c2ccc(NC3=NS(=O)(=O)c4ccccc43)cc2)c(C)n1C. The first kappa shape index (κ1) is 21.5. The highest BCUT2D eigenvalue weighted by molar-refractivity contribution is 7.90. The molecular weight excluding hydrogens is 430 g/mol. The predicted octanol–water partition coefficient (Wildman–Crippen LogP) is 3.24. The molecule has 0 atom stereocenters. The van der Waals surface area contributed by atoms with E-state index < -0.39 is 16.0 Å². The van der Waals surface area contributed by atoms with E-state index in [9.17, 15) is 18.0 Å². The molecule has 1 aromatic heterocycles. The van der Waals surface area contributed by atoms with Crippen molar-refractivity contribution in [1.82, 2.24) is 4.57 Å². The number of fused-ring (bicyclic) bond motifs is 1. The lowest BCUT2D eigenvalue weighted by Crippen LogP contribution is -2.15. The first-order valence-corrected chi connectivity index (χ1v) is 11.3. The Morgan fingerprint density at radius 1 is 1.06 bits per heavy atom. The van der Waals surface area contributed by atoms with Crippen molar-refractivity contribution in [3.8, 4) is 0 Å². The van der Waals surface area contributed by atoms with E-state index in [0.29, 0.717) is 16.8 Å². The number of hydrogen-bond donors (Lipinski definition) is 1. The summed E-state index contributed by atoms with van der Waals surface area (Å²) < 4.78 is 35.2. The number of esters is 1. The van der Waals surface area contributed by atoms with Gasteiger partial charge in [0.05, 0.1) is 5.56 Å². The molecule has 0 radical (unpaired) electrons. The molecule has 32 heavy (non-hydrogen) atoms. The standard InChI is InChI=1S/C23H21N3O5S/c1-14-12-19(15(2)26(14)3)20(27)13-31-23(28)16-8-10-17(11-9-16)24-22-18-6-4-5-7-21(18)32(29,30)25-22/h4-12H,13H2,1-3H3,(H,24,25). The quantitative estimate of drug-likeness (QED) is 0.471. The third kappa shape index (κ3) is 3.94. The van der Waals surface area contributed by atoms with E-state index in [4.69, 9.17) is 4.74 Å². The van der Waals surface area contributed by atoms with Crippen LogP contribution in [0.5, 0.6) is 0 Å². The van der Waals surface area contributed by atoms with Gasteiger partial charge in [0, 0.05) is 35.2 Å². The summed E-state index contributed by atoms with van der Waals surface area (Å²) >= 11 is 0. The van der Waals surface area contributed by atoms with E-state index in [1.165, 1.54) is 18.2 Å². The molecule has 1 aliphatic heterocycles. The summed E-state index contributed by atoms with van der Waals surface area (Å²) in [4.78, 5) is 24.9. The molecule has 1 aliphatic rings. The molecule has 4 rings (SSSR count). The minimum Gasteiger partial charge on any atom is -0.454 e. The number of anilines is 1. The topological polar surface area (TPSA) is 107 Å². The minimum absolute atomic E-state index is 0.149. The average Bonchev–Trinajstić information content (AvgIpc) is 3.19. The average molecular weight is 452 g/mol. The number of aromatic nitrogens is 1. The predicted molar refractivity (Wildman–Crippen MR) is 120 cm³/mol. The van der Waals surface area contributed by atoms with Gasteiger partial charge in [0.25, 0.3) is 10.0 Å². The molecule has 9 heteroatoms. The lowest BCUT2D eigenvalue weighted by Gasteiger charge is -2.08. The van der Waals surface area contributed by atoms with Crippen molar-refractivity contribution >= 4 is 33.3 Å². The molecular formula is C23H21N3O5S. The highest BCUT2D eigenvalue weighted by Gasteiger charge is 2.28. The van der Waals surface area contributed by atoms with Crippen LogP contribution >= 0.6 is 0 Å². The minimum atomic E-state index is -3.72. The lowest BCUT2D eigenvalue weighted by atomic mass is 10.1. The van der Waals surface area contributed by atoms with Crippen molar-refractivity contribution < 1.29 is 22.7 Å². The Hall–Kier alpha value is -3.72. The summed E-state index contributed by atoms with van der Waals surface area (Å²) in [6.07, 6.45) is 0. The number of nitrogens with one attached hydrogen (secondary N) is 1. The number of benzene rings is 2. The maximum Gasteiger partial charge on any atom is 0.338 e. The van der Waals surface area contributed by atoms with Crippen molar-refractivity contribution in [3.63, 3.8) is 0 Å². The summed E-state index contributed by atoms with van der Waals surface area (Å²) in [6, 6.07) is 14.6. The fourth-order valence-corrected chi connectivity index (χ4v) is 4.63. The van der Waals surface area contributed by atoms with Gasteiger partial charge < -0.3 is 14.6 Å². The van der Waals surface area contributed by atoms with Crippen LogP contribution in [0.3, 0.4) is 0 Å². The highest BCUT2D eigenvalue weighted by Crippen LogP contribution is 2.26. The Morgan fingerprint density at radius 3 is 2.41 bits per heavy atom. The van der Waals surface area contributed by atoms with Crippen LogP contribution in [0.1, 0.15) is 37.7 Å². The molecule has 8 nitrogen and oxygen atoms in total. The second-order valence-electron chi connectivity index (χ2n) is 7.46. The number of sulfonamides is 1. The third-order valence-corrected chi connectivity index (χ3v) is 6.76. The summed E-state index contributed by atoms with van der Waals surface area (Å²) in [5, 5.41) is 2.97. The van der Waals surface area contributed by atoms with Crippen LogP contribution in [0.4, 0.5) is 5.69 Å². The van der Waals surface area contributed by atoms with E-state index >= 15 is 0 Å². The number of ketones is 1. The Bertz CT molecular complexity index is 1370. The molecule has 0 aliphatic carbocycles. The molecule has 164 valence electrons. The normalized spacial score (nSPS) is 13.9. The fraction of sp³-hybridized carbons (Fsp3) is 0.174. The van der Waals surface area contributed by atoms with Crippen LogP contribution < -0.4 is 5.32 Å². The van der Waals surface area contributed by atoms with E-state index in [0.717, 1.165) is 11.4 Å². The van der Waals surface area contributed by atoms with Crippen LogP contribution in [0.2, 0.25) is 0 Å². The van der Waals surface area contributed by atoms with Crippen molar-refractivity contribution in [1.29, 1.82) is 0 Å². The van der Waals surface area contributed by atoms with Gasteiger partial charge in [-0.3, -0.25) is 4.79 Å². The van der Waals surface area contributed by atoms with Gasteiger partial charge in [-0.15, -0.1) is 4.40 Å². The van der Waals surface area contributed by atoms with Crippen LogP contribution in [-0.4, -0.2) is 37.2 Å². The second-order valence-corrected chi connectivity index (χ2v) is 9.03. The van der Waals surface area contributed by atoms with Crippen LogP contribution in [0.25, 0.3) is 0 Å². The van der Waals surface area contributed by atoms with Crippen molar-refractivity contribution in [3.05, 3.63) is 82.7 Å². The van der Waals surface area contributed by atoms with Crippen molar-refractivity contribution in [2.45, 2.75) is 18.7 Å². The number of hydrogen-bond acceptors (Lipinski definition) is 6. The van der Waals surface area contributed by atoms with E-state index in [1.54, 1.807) is 36.4 Å². The summed E-state index contributed by atoms with van der Waals surface area (Å²) in [5.74, 6) is -0.673. The summed E-state index contributed by atoms with van der Waals surface area (Å²) in [7, 11) is -1.85. The first-order valence-electron chi connectivity index (χ1n) is 9.82. The number of carbonyl (C=O) groups excluding carboxylic acids is 2. The number of amidine groups is 1. The number of aryl methyl sites for hydroxylation is 1. The van der Waals surface area contributed by atoms with Gasteiger partial charge in [-0.05, 0) is 56.3 Å². The molecule has 0 bridgehead atoms. The van der Waals surface area contributed by atoms with Gasteiger partial charge in [-0.2, -0.15) is 8.42 Å². The van der Waals surface area contributed by atoms with Crippen molar-refractivity contribution in [2.75, 3.05) is 11.9 Å². The molecule has 0 spiro atoms. The van der Waals surface area contributed by atoms with E-state index in [2.05, 4.69) is 9.71 Å². The van der Waals surface area contributed by atoms with Gasteiger partial charge in [-0.25, -0.2) is 4.79 Å². The molecule has 1 N–H and O–H groups in total. The van der Waals surface area contributed by atoms with E-state index in [1.807, 2.05) is 25.5 Å². The zero-order chi connectivity index (χ0) is 23.0.